The number of nitrogens with two attached hydrogens (primary N) is 1. The van der Waals surface area contributed by atoms with Gasteiger partial charge in [-0.05, 0) is 43.5 Å². The van der Waals surface area contributed by atoms with E-state index in [0.29, 0.717) is 0 Å². The molecule has 1 amide bonds. The van der Waals surface area contributed by atoms with Crippen molar-refractivity contribution >= 4 is 50.6 Å². The monoisotopic (exact) mass is 362 g/mol. The molecule has 2 N–H and O–H groups in total. The first kappa shape index (κ1) is 15.0. The van der Waals surface area contributed by atoms with Crippen molar-refractivity contribution in [3.8, 4) is 0 Å². The lowest BCUT2D eigenvalue weighted by Crippen LogP contribution is -2.13. The molecular formula is C15H14N4OS3. The topological polar surface area (TPSA) is 81.8 Å². The maximum atomic E-state index is 11.1. The van der Waals surface area contributed by atoms with E-state index < -0.39 is 0 Å². The van der Waals surface area contributed by atoms with Gasteiger partial charge in [-0.15, -0.1) is 22.7 Å². The molecular weight excluding hydrogens is 348 g/mol. The number of carbonyl (C=O) groups excluding carboxylic acids is 1. The summed E-state index contributed by atoms with van der Waals surface area (Å²) in [5, 5.41) is 2.16. The lowest BCUT2D eigenvalue weighted by atomic mass is 10.2. The Bertz CT molecular complexity index is 915. The molecule has 118 valence electrons. The number of hydrogen-bond donors (Lipinski definition) is 1. The van der Waals surface area contributed by atoms with Gasteiger partial charge in [0.2, 0.25) is 5.91 Å². The van der Waals surface area contributed by atoms with Gasteiger partial charge in [0.15, 0.2) is 4.34 Å². The predicted molar refractivity (Wildman–Crippen MR) is 93.3 cm³/mol. The van der Waals surface area contributed by atoms with Gasteiger partial charge in [0.25, 0.3) is 0 Å². The van der Waals surface area contributed by atoms with Crippen LogP contribution in [0.1, 0.15) is 27.4 Å². The van der Waals surface area contributed by atoms with Crippen molar-refractivity contribution < 1.29 is 4.79 Å². The first-order valence-electron chi connectivity index (χ1n) is 7.29. The second kappa shape index (κ2) is 5.85. The lowest BCUT2D eigenvalue weighted by Gasteiger charge is -2.01. The van der Waals surface area contributed by atoms with Crippen LogP contribution in [-0.2, 0) is 24.1 Å². The van der Waals surface area contributed by atoms with Crippen LogP contribution in [0.3, 0.4) is 0 Å². The van der Waals surface area contributed by atoms with E-state index in [0.717, 1.165) is 37.6 Å². The average Bonchev–Trinajstić information content (AvgIpc) is 3.14. The average molecular weight is 363 g/mol. The van der Waals surface area contributed by atoms with Gasteiger partial charge in [-0.2, -0.15) is 0 Å². The fourth-order valence-corrected chi connectivity index (χ4v) is 6.40. The summed E-state index contributed by atoms with van der Waals surface area (Å²) in [6.07, 6.45) is 5.35. The molecule has 0 bridgehead atoms. The van der Waals surface area contributed by atoms with Crippen molar-refractivity contribution in [3.63, 3.8) is 0 Å². The van der Waals surface area contributed by atoms with Crippen LogP contribution in [0, 0.1) is 6.92 Å². The summed E-state index contributed by atoms with van der Waals surface area (Å²) >= 11 is 4.87. The minimum absolute atomic E-state index is 0.247. The van der Waals surface area contributed by atoms with Crippen LogP contribution in [-0.4, -0.2) is 20.9 Å². The summed E-state index contributed by atoms with van der Waals surface area (Å²) in [7, 11) is 0. The van der Waals surface area contributed by atoms with Crippen LogP contribution in [0.4, 0.5) is 0 Å². The van der Waals surface area contributed by atoms with Crippen LogP contribution in [0.15, 0.2) is 15.7 Å². The van der Waals surface area contributed by atoms with Gasteiger partial charge in [0, 0.05) is 15.1 Å². The van der Waals surface area contributed by atoms with E-state index in [9.17, 15) is 4.79 Å². The van der Waals surface area contributed by atoms with E-state index in [1.54, 1.807) is 29.4 Å². The molecule has 0 aromatic carbocycles. The molecule has 0 saturated heterocycles. The third-order valence-corrected chi connectivity index (χ3v) is 7.28. The van der Waals surface area contributed by atoms with Gasteiger partial charge < -0.3 is 5.73 Å². The summed E-state index contributed by atoms with van der Waals surface area (Å²) in [6, 6.07) is 0. The minimum Gasteiger partial charge on any atom is -0.369 e. The maximum Gasteiger partial charge on any atom is 0.222 e. The standard InChI is InChI=1S/C15H14N4OS3/c1-7-10(5-11(16)20)22-15(19-7)23-14-12-8-3-2-4-9(8)21-13(12)17-6-18-14/h6H,2-5H2,1H3,(H2,16,20). The van der Waals surface area contributed by atoms with Gasteiger partial charge in [-0.1, -0.05) is 0 Å². The van der Waals surface area contributed by atoms with Crippen molar-refractivity contribution in [3.05, 3.63) is 27.3 Å². The van der Waals surface area contributed by atoms with Gasteiger partial charge in [-0.25, -0.2) is 15.0 Å². The Hall–Kier alpha value is -1.51. The predicted octanol–water partition coefficient (Wildman–Crippen LogP) is 3.12. The third kappa shape index (κ3) is 2.75. The first-order chi connectivity index (χ1) is 11.1. The molecule has 1 aliphatic carbocycles. The van der Waals surface area contributed by atoms with E-state index in [1.165, 1.54) is 33.6 Å². The summed E-state index contributed by atoms with van der Waals surface area (Å²) in [5.41, 5.74) is 7.58. The number of primary amides is 1. The number of nitrogens with zero attached hydrogens (tertiary/aromatic N) is 3. The number of thiazole rings is 1. The molecule has 0 saturated carbocycles. The van der Waals surface area contributed by atoms with Crippen LogP contribution in [0.2, 0.25) is 0 Å². The molecule has 3 heterocycles. The molecule has 0 aliphatic heterocycles. The van der Waals surface area contributed by atoms with Gasteiger partial charge >= 0.3 is 0 Å². The van der Waals surface area contributed by atoms with Crippen LogP contribution >= 0.6 is 34.4 Å². The number of rotatable bonds is 4. The summed E-state index contributed by atoms with van der Waals surface area (Å²) in [4.78, 5) is 28.1. The van der Waals surface area contributed by atoms with Crippen LogP contribution in [0.5, 0.6) is 0 Å². The van der Waals surface area contributed by atoms with E-state index in [2.05, 4.69) is 15.0 Å². The number of aromatic nitrogens is 3. The first-order valence-corrected chi connectivity index (χ1v) is 9.74. The van der Waals surface area contributed by atoms with Crippen molar-refractivity contribution in [2.45, 2.75) is 42.0 Å². The quantitative estimate of drug-likeness (QED) is 0.721. The molecule has 0 unspecified atom stereocenters. The van der Waals surface area contributed by atoms with Gasteiger partial charge in [0.05, 0.1) is 12.1 Å². The molecule has 0 radical (unpaired) electrons. The SMILES string of the molecule is Cc1nc(Sc2ncnc3sc4c(c23)CCC4)sc1CC(N)=O. The Kier molecular flexibility index (Phi) is 3.82. The molecule has 4 rings (SSSR count). The van der Waals surface area contributed by atoms with Crippen molar-refractivity contribution in [2.24, 2.45) is 5.73 Å². The zero-order valence-corrected chi connectivity index (χ0v) is 14.9. The number of aryl methyl sites for hydroxylation is 3. The number of amides is 1. The van der Waals surface area contributed by atoms with E-state index >= 15 is 0 Å². The fraction of sp³-hybridized carbons (Fsp3) is 0.333. The van der Waals surface area contributed by atoms with E-state index in [4.69, 9.17) is 5.73 Å². The Morgan fingerprint density at radius 3 is 3.04 bits per heavy atom. The highest BCUT2D eigenvalue weighted by molar-refractivity contribution is 8.01. The van der Waals surface area contributed by atoms with Crippen molar-refractivity contribution in [2.75, 3.05) is 0 Å². The maximum absolute atomic E-state index is 11.1. The molecule has 0 fully saturated rings. The van der Waals surface area contributed by atoms with E-state index in [-0.39, 0.29) is 12.3 Å². The molecule has 8 heteroatoms. The van der Waals surface area contributed by atoms with Crippen LogP contribution < -0.4 is 5.73 Å². The Morgan fingerprint density at radius 1 is 1.35 bits per heavy atom. The smallest absolute Gasteiger partial charge is 0.222 e. The minimum atomic E-state index is -0.326. The summed E-state index contributed by atoms with van der Waals surface area (Å²) < 4.78 is 0.900. The second-order valence-corrected chi connectivity index (χ2v) is 8.85. The van der Waals surface area contributed by atoms with Crippen LogP contribution in [0.25, 0.3) is 10.2 Å². The molecule has 3 aromatic heterocycles. The molecule has 5 nitrogen and oxygen atoms in total. The van der Waals surface area contributed by atoms with Gasteiger partial charge in [0.1, 0.15) is 16.2 Å². The number of thiophene rings is 1. The highest BCUT2D eigenvalue weighted by Gasteiger charge is 2.22. The molecule has 1 aliphatic rings. The van der Waals surface area contributed by atoms with Gasteiger partial charge in [-0.3, -0.25) is 4.79 Å². The third-order valence-electron chi connectivity index (χ3n) is 3.86. The van der Waals surface area contributed by atoms with E-state index in [1.807, 2.05) is 6.92 Å². The summed E-state index contributed by atoms with van der Waals surface area (Å²) in [6.45, 7) is 1.91. The molecule has 0 atom stereocenters. The normalized spacial score (nSPS) is 13.6. The Balaban J connectivity index is 1.72. The fourth-order valence-electron chi connectivity index (χ4n) is 2.83. The highest BCUT2D eigenvalue weighted by Crippen LogP contribution is 2.42. The highest BCUT2D eigenvalue weighted by atomic mass is 32.2. The zero-order chi connectivity index (χ0) is 16.0. The molecule has 3 aromatic rings. The largest absolute Gasteiger partial charge is 0.369 e. The Labute approximate surface area is 145 Å². The number of fused-ring (bicyclic) bond motifs is 3. The van der Waals surface area contributed by atoms with Crippen molar-refractivity contribution in [1.29, 1.82) is 0 Å². The number of hydrogen-bond acceptors (Lipinski definition) is 7. The molecule has 23 heavy (non-hydrogen) atoms. The van der Waals surface area contributed by atoms with Crippen molar-refractivity contribution in [1.82, 2.24) is 15.0 Å². The Morgan fingerprint density at radius 2 is 2.22 bits per heavy atom. The number of carbonyl (C=O) groups is 1. The zero-order valence-electron chi connectivity index (χ0n) is 12.5. The second-order valence-electron chi connectivity index (χ2n) is 5.45. The molecule has 0 spiro atoms. The summed E-state index contributed by atoms with van der Waals surface area (Å²) in [5.74, 6) is -0.326. The lowest BCUT2D eigenvalue weighted by molar-refractivity contribution is -0.117.